The van der Waals surface area contributed by atoms with Crippen LogP contribution in [0.2, 0.25) is 0 Å². The number of aromatic nitrogens is 4. The quantitative estimate of drug-likeness (QED) is 0.223. The first kappa shape index (κ1) is 31.4. The van der Waals surface area contributed by atoms with E-state index in [1.54, 1.807) is 67.3 Å². The van der Waals surface area contributed by atoms with Gasteiger partial charge >= 0.3 is 21.1 Å². The smallest absolute Gasteiger partial charge is 0.358 e. The minimum absolute atomic E-state index is 0. The molecule has 0 fully saturated rings. The average molecular weight is 750 g/mol. The Hall–Kier alpha value is -2.13. The predicted octanol–water partition coefficient (Wildman–Crippen LogP) is 4.77. The Morgan fingerprint density at radius 3 is 0.923 bits per heavy atom. The Morgan fingerprint density at radius 1 is 0.513 bits per heavy atom. The van der Waals surface area contributed by atoms with E-state index in [1.165, 1.54) is 0 Å². The normalized spacial score (nSPS) is 24.9. The summed E-state index contributed by atoms with van der Waals surface area (Å²) in [6.45, 7) is 8.27. The molecular weight excluding hydrogens is 713 g/mol. The molecule has 0 spiro atoms. The monoisotopic (exact) mass is 749 g/mol. The van der Waals surface area contributed by atoms with Gasteiger partial charge < -0.3 is 14.9 Å². The zero-order valence-corrected chi connectivity index (χ0v) is 27.4. The molecule has 2 aliphatic heterocycles. The molecule has 4 heterocycles. The second kappa shape index (κ2) is 11.4. The van der Waals surface area contributed by atoms with Gasteiger partial charge in [-0.15, -0.1) is 0 Å². The van der Waals surface area contributed by atoms with Gasteiger partial charge in [0.25, 0.3) is 22.2 Å². The van der Waals surface area contributed by atoms with Crippen molar-refractivity contribution in [2.45, 2.75) is 50.8 Å². The van der Waals surface area contributed by atoms with E-state index in [0.29, 0.717) is 21.5 Å². The third kappa shape index (κ3) is 4.38. The first-order valence-electron chi connectivity index (χ1n) is 12.5. The molecule has 0 amide bonds. The molecule has 0 radical (unpaired) electrons. The molecule has 0 bridgehead atoms. The first-order chi connectivity index (χ1) is 17.2. The number of hydrogen-bond acceptors (Lipinski definition) is 4. The van der Waals surface area contributed by atoms with Gasteiger partial charge in [0.05, 0.1) is 49.7 Å². The largest absolute Gasteiger partial charge is 2.00 e. The van der Waals surface area contributed by atoms with Gasteiger partial charge in [-0.3, -0.25) is 19.2 Å². The summed E-state index contributed by atoms with van der Waals surface area (Å²) in [5.74, 6) is -0.0562. The van der Waals surface area contributed by atoms with Crippen LogP contribution in [0.15, 0.2) is 67.7 Å². The molecule has 0 aliphatic carbocycles. The SMILES string of the molecule is CC1n2c(=O)c3ccccc3c(=O)n2[C@H](C)[PH+]1CC[PH+]1C(C)n2c(=O)c3ccccc3c(=O)n2[C@@H]1C.[CH3-].[CH3-].[Pt+2]. The number of hydrogen-bond donors (Lipinski definition) is 0. The average Bonchev–Trinajstić information content (AvgIpc) is 3.29. The maximum absolute atomic E-state index is 13.3. The molecule has 6 rings (SSSR count). The molecule has 8 nitrogen and oxygen atoms in total. The van der Waals surface area contributed by atoms with Crippen LogP contribution < -0.4 is 22.2 Å². The van der Waals surface area contributed by atoms with Crippen LogP contribution in [0.3, 0.4) is 0 Å². The third-order valence-electron chi connectivity index (χ3n) is 8.39. The van der Waals surface area contributed by atoms with Crippen molar-refractivity contribution in [2.24, 2.45) is 0 Å². The summed E-state index contributed by atoms with van der Waals surface area (Å²) in [6, 6.07) is 14.1. The summed E-state index contributed by atoms with van der Waals surface area (Å²) in [6.07, 6.45) is 1.85. The number of benzene rings is 2. The van der Waals surface area contributed by atoms with Gasteiger partial charge in [-0.1, -0.05) is 24.3 Å². The van der Waals surface area contributed by atoms with Crippen molar-refractivity contribution in [1.82, 2.24) is 18.7 Å². The molecule has 4 unspecified atom stereocenters. The summed E-state index contributed by atoms with van der Waals surface area (Å²) in [4.78, 5) is 53.3. The Bertz CT molecular complexity index is 1540. The molecular formula is C28H36N4O4P2Pt+2. The van der Waals surface area contributed by atoms with E-state index in [4.69, 9.17) is 0 Å². The Labute approximate surface area is 244 Å². The van der Waals surface area contributed by atoms with Gasteiger partial charge in [0.1, 0.15) is 0 Å². The van der Waals surface area contributed by atoms with Crippen LogP contribution in [-0.2, 0) is 21.1 Å². The fourth-order valence-electron chi connectivity index (χ4n) is 6.50. The molecule has 4 aromatic rings. The summed E-state index contributed by atoms with van der Waals surface area (Å²) in [7, 11) is -2.29. The van der Waals surface area contributed by atoms with Crippen molar-refractivity contribution in [3.05, 3.63) is 105 Å². The zero-order chi connectivity index (χ0) is 25.5. The van der Waals surface area contributed by atoms with Crippen molar-refractivity contribution in [3.8, 4) is 0 Å². The van der Waals surface area contributed by atoms with Gasteiger partial charge in [0.2, 0.25) is 0 Å². The Kier molecular flexibility index (Phi) is 9.17. The number of fused-ring (bicyclic) bond motifs is 4. The Morgan fingerprint density at radius 2 is 0.718 bits per heavy atom. The van der Waals surface area contributed by atoms with E-state index < -0.39 is 15.8 Å². The van der Waals surface area contributed by atoms with E-state index in [-0.39, 0.29) is 81.3 Å². The summed E-state index contributed by atoms with van der Waals surface area (Å²) in [5, 5.41) is 1.92. The van der Waals surface area contributed by atoms with Crippen LogP contribution in [0.4, 0.5) is 0 Å². The van der Waals surface area contributed by atoms with Crippen molar-refractivity contribution in [2.75, 3.05) is 12.3 Å². The second-order valence-electron chi connectivity index (χ2n) is 10.0. The first-order valence-corrected chi connectivity index (χ1v) is 16.2. The van der Waals surface area contributed by atoms with E-state index in [9.17, 15) is 19.2 Å². The van der Waals surface area contributed by atoms with Gasteiger partial charge in [-0.2, -0.15) is 0 Å². The van der Waals surface area contributed by atoms with E-state index in [1.807, 2.05) is 0 Å². The molecule has 6 atom stereocenters. The fourth-order valence-corrected chi connectivity index (χ4v) is 14.1. The molecule has 2 aromatic heterocycles. The molecule has 11 heteroatoms. The van der Waals surface area contributed by atoms with Crippen LogP contribution in [0, 0.1) is 14.9 Å². The molecule has 39 heavy (non-hydrogen) atoms. The molecule has 2 aliphatic rings. The standard InChI is InChI=1S/C26H28N4O4P2.2CH3.Pt/c1-15-27-23(31)19-9-5-6-10-20(19)24(32)28(27)16(2)35(15)13-14-36-17(3)29-25(33)21-11-7-8-12-22(21)26(34)30(29)18(36)4;;;/h5-12,15-18H,13-14H2,1-4H3;2*1H3;/q;2*-1;+2/p+2/t15-,16?,17-,18?,35?,36?;;;/m0.../s1. The minimum atomic E-state index is -1.15. The van der Waals surface area contributed by atoms with Crippen LogP contribution in [0.25, 0.3) is 21.5 Å². The predicted molar refractivity (Wildman–Crippen MR) is 163 cm³/mol. The zero-order valence-electron chi connectivity index (χ0n) is 23.1. The van der Waals surface area contributed by atoms with Crippen molar-refractivity contribution in [3.63, 3.8) is 0 Å². The van der Waals surface area contributed by atoms with Crippen LogP contribution in [0.5, 0.6) is 0 Å². The van der Waals surface area contributed by atoms with Gasteiger partial charge in [-0.05, 0) is 52.0 Å². The van der Waals surface area contributed by atoms with Gasteiger partial charge in [-0.25, -0.2) is 18.7 Å². The molecule has 210 valence electrons. The molecule has 0 saturated heterocycles. The summed E-state index contributed by atoms with van der Waals surface area (Å²) in [5.41, 5.74) is -0.395. The molecule has 2 aromatic carbocycles. The summed E-state index contributed by atoms with van der Waals surface area (Å²) >= 11 is 0. The van der Waals surface area contributed by atoms with Gasteiger partial charge in [0.15, 0.2) is 23.1 Å². The second-order valence-corrected chi connectivity index (χ2v) is 16.7. The van der Waals surface area contributed by atoms with E-state index in [2.05, 4.69) is 27.7 Å². The van der Waals surface area contributed by atoms with Crippen LogP contribution in [-0.4, -0.2) is 31.1 Å². The van der Waals surface area contributed by atoms with E-state index in [0.717, 1.165) is 12.3 Å². The van der Waals surface area contributed by atoms with E-state index >= 15 is 0 Å². The number of nitrogens with zero attached hydrogens (tertiary/aromatic N) is 4. The van der Waals surface area contributed by atoms with Crippen LogP contribution >= 0.6 is 15.8 Å². The van der Waals surface area contributed by atoms with Crippen LogP contribution in [0.1, 0.15) is 50.8 Å². The third-order valence-corrected chi connectivity index (χ3v) is 15.8. The Balaban J connectivity index is 0.00000140. The maximum Gasteiger partial charge on any atom is 2.00 e. The molecule has 0 N–H and O–H groups in total. The van der Waals surface area contributed by atoms with Crippen molar-refractivity contribution < 1.29 is 21.1 Å². The fraction of sp³-hybridized carbons (Fsp3) is 0.357. The molecule has 0 saturated carbocycles. The van der Waals surface area contributed by atoms with Gasteiger partial charge in [0, 0.05) is 0 Å². The van der Waals surface area contributed by atoms with Crippen molar-refractivity contribution in [1.29, 1.82) is 0 Å². The maximum atomic E-state index is 13.3. The topological polar surface area (TPSA) is 88.0 Å². The summed E-state index contributed by atoms with van der Waals surface area (Å²) < 4.78 is 6.77. The minimum Gasteiger partial charge on any atom is -0.358 e. The van der Waals surface area contributed by atoms with Crippen molar-refractivity contribution >= 4 is 37.4 Å². The number of rotatable bonds is 3.